The lowest BCUT2D eigenvalue weighted by molar-refractivity contribution is 0.102. The van der Waals surface area contributed by atoms with Gasteiger partial charge in [-0.3, -0.25) is 5.84 Å². The van der Waals surface area contributed by atoms with Crippen molar-refractivity contribution in [2.75, 3.05) is 19.1 Å². The third kappa shape index (κ3) is 2.91. The van der Waals surface area contributed by atoms with Crippen LogP contribution < -0.4 is 11.3 Å². The van der Waals surface area contributed by atoms with Crippen LogP contribution in [0.1, 0.15) is 24.5 Å². The van der Waals surface area contributed by atoms with Crippen LogP contribution in [0, 0.1) is 13.8 Å². The number of anilines is 1. The molecule has 0 spiro atoms. The number of hydrogen-bond acceptors (Lipinski definition) is 5. The summed E-state index contributed by atoms with van der Waals surface area (Å²) in [6.07, 6.45) is 0.632. The predicted molar refractivity (Wildman–Crippen MR) is 82.5 cm³/mol. The van der Waals surface area contributed by atoms with E-state index in [2.05, 4.69) is 5.43 Å². The number of rotatable bonds is 4. The van der Waals surface area contributed by atoms with Crippen LogP contribution in [0.15, 0.2) is 17.0 Å². The van der Waals surface area contributed by atoms with Gasteiger partial charge >= 0.3 is 0 Å². The van der Waals surface area contributed by atoms with E-state index in [0.717, 1.165) is 6.42 Å². The summed E-state index contributed by atoms with van der Waals surface area (Å²) in [7, 11) is -1.93. The van der Waals surface area contributed by atoms with Crippen molar-refractivity contribution in [3.8, 4) is 0 Å². The molecule has 0 saturated carbocycles. The van der Waals surface area contributed by atoms with Crippen molar-refractivity contribution in [2.45, 2.75) is 44.2 Å². The van der Waals surface area contributed by atoms with Gasteiger partial charge in [0.05, 0.1) is 17.0 Å². The molecular formula is C14H23N3O3S. The van der Waals surface area contributed by atoms with Crippen molar-refractivity contribution in [3.63, 3.8) is 0 Å². The second-order valence-corrected chi connectivity index (χ2v) is 7.47. The lowest BCUT2D eigenvalue weighted by Gasteiger charge is -2.27. The molecule has 0 aromatic heterocycles. The Morgan fingerprint density at radius 2 is 1.90 bits per heavy atom. The molecule has 1 aromatic rings. The number of nitrogens with two attached hydrogens (primary N) is 1. The molecule has 1 aromatic carbocycles. The van der Waals surface area contributed by atoms with Crippen molar-refractivity contribution >= 4 is 15.7 Å². The van der Waals surface area contributed by atoms with Gasteiger partial charge in [0.15, 0.2) is 0 Å². The van der Waals surface area contributed by atoms with Gasteiger partial charge in [0, 0.05) is 19.3 Å². The third-order valence-electron chi connectivity index (χ3n) is 4.07. The van der Waals surface area contributed by atoms with Crippen LogP contribution in [-0.4, -0.2) is 38.5 Å². The average Bonchev–Trinajstić information content (AvgIpc) is 2.82. The number of benzene rings is 1. The molecule has 6 nitrogen and oxygen atoms in total. The molecule has 7 heteroatoms. The first kappa shape index (κ1) is 16.2. The lowest BCUT2D eigenvalue weighted by Crippen LogP contribution is -2.41. The Morgan fingerprint density at radius 1 is 1.33 bits per heavy atom. The van der Waals surface area contributed by atoms with Gasteiger partial charge in [-0.25, -0.2) is 8.42 Å². The summed E-state index contributed by atoms with van der Waals surface area (Å²) in [6, 6.07) is 3.35. The van der Waals surface area contributed by atoms with E-state index in [1.807, 2.05) is 6.92 Å². The highest BCUT2D eigenvalue weighted by Gasteiger charge is 2.36. The largest absolute Gasteiger partial charge is 0.377 e. The fourth-order valence-corrected chi connectivity index (χ4v) is 4.81. The molecule has 0 bridgehead atoms. The Hall–Kier alpha value is -1.15. The minimum Gasteiger partial charge on any atom is -0.377 e. The second kappa shape index (κ2) is 5.92. The Balaban J connectivity index is 2.44. The fourth-order valence-electron chi connectivity index (χ4n) is 2.96. The van der Waals surface area contributed by atoms with Crippen LogP contribution in [-0.2, 0) is 14.8 Å². The zero-order chi connectivity index (χ0) is 15.8. The molecule has 2 atom stereocenters. The number of ether oxygens (including phenoxy) is 1. The van der Waals surface area contributed by atoms with Crippen LogP contribution in [0.4, 0.5) is 5.69 Å². The van der Waals surface area contributed by atoms with Gasteiger partial charge < -0.3 is 10.2 Å². The number of hydrogen-bond donors (Lipinski definition) is 2. The first-order valence-electron chi connectivity index (χ1n) is 6.96. The maximum Gasteiger partial charge on any atom is 0.243 e. The van der Waals surface area contributed by atoms with E-state index in [4.69, 9.17) is 10.6 Å². The number of nitrogen functional groups attached to an aromatic ring is 1. The number of likely N-dealkylation sites (N-methyl/N-ethyl adjacent to an activating group) is 1. The van der Waals surface area contributed by atoms with Crippen molar-refractivity contribution in [3.05, 3.63) is 23.3 Å². The zero-order valence-electron chi connectivity index (χ0n) is 12.9. The van der Waals surface area contributed by atoms with E-state index in [-0.39, 0.29) is 12.1 Å². The molecule has 0 radical (unpaired) electrons. The molecule has 1 fully saturated rings. The van der Waals surface area contributed by atoms with Gasteiger partial charge in [-0.05, 0) is 50.5 Å². The Kier molecular flexibility index (Phi) is 4.57. The zero-order valence-corrected chi connectivity index (χ0v) is 13.7. The van der Waals surface area contributed by atoms with Gasteiger partial charge in [0.1, 0.15) is 0 Å². The summed E-state index contributed by atoms with van der Waals surface area (Å²) in [4.78, 5) is 0.350. The van der Waals surface area contributed by atoms with Crippen LogP contribution in [0.25, 0.3) is 0 Å². The molecule has 118 valence electrons. The molecular weight excluding hydrogens is 290 g/mol. The number of hydrazine groups is 1. The Bertz CT molecular complexity index is 607. The molecule has 2 rings (SSSR count). The number of sulfonamides is 1. The highest BCUT2D eigenvalue weighted by Crippen LogP contribution is 2.30. The Labute approximate surface area is 126 Å². The third-order valence-corrected chi connectivity index (χ3v) is 6.26. The van der Waals surface area contributed by atoms with E-state index in [1.54, 1.807) is 33.0 Å². The highest BCUT2D eigenvalue weighted by atomic mass is 32.2. The standard InChI is InChI=1S/C14H23N3O3S/c1-9-7-12(16-15)8-10(2)14(9)21(18,19)17(4)13-5-6-20-11(13)3/h7-8,11,13,16H,5-6,15H2,1-4H3. The maximum absolute atomic E-state index is 12.9. The number of nitrogens with zero attached hydrogens (tertiary/aromatic N) is 1. The summed E-state index contributed by atoms with van der Waals surface area (Å²) < 4.78 is 32.8. The summed E-state index contributed by atoms with van der Waals surface area (Å²) >= 11 is 0. The van der Waals surface area contributed by atoms with E-state index in [9.17, 15) is 8.42 Å². The summed E-state index contributed by atoms with van der Waals surface area (Å²) in [6.45, 7) is 6.07. The van der Waals surface area contributed by atoms with E-state index in [0.29, 0.717) is 28.3 Å². The van der Waals surface area contributed by atoms with Gasteiger partial charge in [-0.15, -0.1) is 0 Å². The van der Waals surface area contributed by atoms with Gasteiger partial charge in [0.25, 0.3) is 0 Å². The van der Waals surface area contributed by atoms with Crippen LogP contribution in [0.5, 0.6) is 0 Å². The maximum atomic E-state index is 12.9. The second-order valence-electron chi connectivity index (χ2n) is 5.54. The molecule has 1 heterocycles. The first-order valence-corrected chi connectivity index (χ1v) is 8.40. The minimum atomic E-state index is -3.56. The quantitative estimate of drug-likeness (QED) is 0.648. The van der Waals surface area contributed by atoms with Crippen molar-refractivity contribution in [1.82, 2.24) is 4.31 Å². The van der Waals surface area contributed by atoms with Crippen molar-refractivity contribution in [2.24, 2.45) is 5.84 Å². The van der Waals surface area contributed by atoms with E-state index < -0.39 is 10.0 Å². The van der Waals surface area contributed by atoms with Crippen LogP contribution >= 0.6 is 0 Å². The first-order chi connectivity index (χ1) is 9.78. The normalized spacial score (nSPS) is 22.8. The molecule has 1 aliphatic heterocycles. The topological polar surface area (TPSA) is 84.7 Å². The SMILES string of the molecule is Cc1cc(NN)cc(C)c1S(=O)(=O)N(C)C1CCOC1C. The molecule has 1 aliphatic rings. The van der Waals surface area contributed by atoms with Gasteiger partial charge in [0.2, 0.25) is 10.0 Å². The summed E-state index contributed by atoms with van der Waals surface area (Å²) in [5.74, 6) is 5.40. The van der Waals surface area contributed by atoms with Gasteiger partial charge in [-0.1, -0.05) is 0 Å². The molecule has 0 aliphatic carbocycles. The van der Waals surface area contributed by atoms with Crippen molar-refractivity contribution in [1.29, 1.82) is 0 Å². The summed E-state index contributed by atoms with van der Waals surface area (Å²) in [5, 5.41) is 0. The number of aryl methyl sites for hydroxylation is 2. The van der Waals surface area contributed by atoms with Crippen LogP contribution in [0.3, 0.4) is 0 Å². The average molecular weight is 313 g/mol. The monoisotopic (exact) mass is 313 g/mol. The molecule has 3 N–H and O–H groups in total. The Morgan fingerprint density at radius 3 is 2.33 bits per heavy atom. The summed E-state index contributed by atoms with van der Waals surface area (Å²) in [5.41, 5.74) is 4.61. The molecule has 0 amide bonds. The fraction of sp³-hybridized carbons (Fsp3) is 0.571. The smallest absolute Gasteiger partial charge is 0.243 e. The molecule has 1 saturated heterocycles. The number of nitrogens with one attached hydrogen (secondary N) is 1. The van der Waals surface area contributed by atoms with Gasteiger partial charge in [-0.2, -0.15) is 4.31 Å². The molecule has 2 unspecified atom stereocenters. The lowest BCUT2D eigenvalue weighted by atomic mass is 10.1. The van der Waals surface area contributed by atoms with E-state index in [1.165, 1.54) is 4.31 Å². The predicted octanol–water partition coefficient (Wildman–Crippen LogP) is 1.39. The van der Waals surface area contributed by atoms with E-state index >= 15 is 0 Å². The van der Waals surface area contributed by atoms with Crippen molar-refractivity contribution < 1.29 is 13.2 Å². The minimum absolute atomic E-state index is 0.0876. The highest BCUT2D eigenvalue weighted by molar-refractivity contribution is 7.89. The van der Waals surface area contributed by atoms with Crippen LogP contribution in [0.2, 0.25) is 0 Å². The molecule has 21 heavy (non-hydrogen) atoms.